The van der Waals surface area contributed by atoms with Crippen molar-refractivity contribution in [2.75, 3.05) is 18.6 Å². The van der Waals surface area contributed by atoms with Gasteiger partial charge in [-0.15, -0.1) is 11.3 Å². The summed E-state index contributed by atoms with van der Waals surface area (Å²) in [6.45, 7) is 3.59. The standard InChI is InChI=1S/C21H25ClFNO6S/c1-4-10-30-21(28)13-9-7-6-8-12(13)20(27)24(15(25)5-2)18-17(22)14(31-19(18)23)11-16(26)29-3/h4-11H2,1-3H3. The molecular formula is C21H25ClFNO6S. The summed E-state index contributed by atoms with van der Waals surface area (Å²) in [6.07, 6.45) is 2.19. The maximum Gasteiger partial charge on any atom is 0.334 e. The quantitative estimate of drug-likeness (QED) is 0.521. The molecule has 0 saturated heterocycles. The van der Waals surface area contributed by atoms with Crippen LogP contribution in [0.4, 0.5) is 10.1 Å². The van der Waals surface area contributed by atoms with E-state index in [1.165, 1.54) is 14.0 Å². The van der Waals surface area contributed by atoms with Gasteiger partial charge in [0.2, 0.25) is 11.0 Å². The van der Waals surface area contributed by atoms with Gasteiger partial charge in [0.25, 0.3) is 5.91 Å². The Kier molecular flexibility index (Phi) is 9.18. The summed E-state index contributed by atoms with van der Waals surface area (Å²) in [5.74, 6) is -2.70. The second-order valence-corrected chi connectivity index (χ2v) is 8.34. The highest BCUT2D eigenvalue weighted by Crippen LogP contribution is 2.41. The van der Waals surface area contributed by atoms with Gasteiger partial charge < -0.3 is 9.47 Å². The number of hydrogen-bond donors (Lipinski definition) is 0. The first-order valence-corrected chi connectivity index (χ1v) is 11.3. The number of carbonyl (C=O) groups is 4. The van der Waals surface area contributed by atoms with Crippen LogP contribution in [0, 0.1) is 5.13 Å². The molecule has 0 aromatic carbocycles. The van der Waals surface area contributed by atoms with Crippen molar-refractivity contribution >= 4 is 52.4 Å². The number of ether oxygens (including phenoxy) is 2. The zero-order chi connectivity index (χ0) is 23.1. The molecule has 1 heterocycles. The third-order valence-electron chi connectivity index (χ3n) is 4.77. The zero-order valence-electron chi connectivity index (χ0n) is 17.7. The van der Waals surface area contributed by atoms with E-state index in [2.05, 4.69) is 4.74 Å². The van der Waals surface area contributed by atoms with Gasteiger partial charge in [0, 0.05) is 22.4 Å². The average molecular weight is 474 g/mol. The van der Waals surface area contributed by atoms with Crippen molar-refractivity contribution in [1.82, 2.24) is 0 Å². The van der Waals surface area contributed by atoms with Gasteiger partial charge in [-0.25, -0.2) is 9.69 Å². The van der Waals surface area contributed by atoms with Crippen LogP contribution in [0.3, 0.4) is 0 Å². The molecule has 1 aromatic rings. The summed E-state index contributed by atoms with van der Waals surface area (Å²) in [4.78, 5) is 51.0. The van der Waals surface area contributed by atoms with Gasteiger partial charge in [0.05, 0.1) is 25.2 Å². The van der Waals surface area contributed by atoms with Crippen LogP contribution in [0.5, 0.6) is 0 Å². The highest BCUT2D eigenvalue weighted by atomic mass is 35.5. The van der Waals surface area contributed by atoms with E-state index in [0.29, 0.717) is 41.9 Å². The largest absolute Gasteiger partial charge is 0.469 e. The van der Waals surface area contributed by atoms with E-state index in [1.807, 2.05) is 6.92 Å². The monoisotopic (exact) mass is 473 g/mol. The van der Waals surface area contributed by atoms with Gasteiger partial charge in [0.1, 0.15) is 5.69 Å². The molecule has 7 nitrogen and oxygen atoms in total. The summed E-state index contributed by atoms with van der Waals surface area (Å²) < 4.78 is 24.6. The molecule has 2 amide bonds. The Labute approximate surface area is 189 Å². The van der Waals surface area contributed by atoms with E-state index in [1.54, 1.807) is 0 Å². The summed E-state index contributed by atoms with van der Waals surface area (Å²) >= 11 is 6.86. The number of nitrogens with zero attached hydrogens (tertiary/aromatic N) is 1. The molecule has 31 heavy (non-hydrogen) atoms. The van der Waals surface area contributed by atoms with Crippen LogP contribution in [0.1, 0.15) is 57.2 Å². The van der Waals surface area contributed by atoms with Crippen LogP contribution < -0.4 is 4.90 Å². The Bertz CT molecular complexity index is 910. The van der Waals surface area contributed by atoms with Crippen molar-refractivity contribution in [3.8, 4) is 0 Å². The third-order valence-corrected chi connectivity index (χ3v) is 6.26. The lowest BCUT2D eigenvalue weighted by Gasteiger charge is -2.25. The van der Waals surface area contributed by atoms with Gasteiger partial charge in [0.15, 0.2) is 0 Å². The normalized spacial score (nSPS) is 13.7. The minimum absolute atomic E-state index is 0.0907. The van der Waals surface area contributed by atoms with Gasteiger partial charge >= 0.3 is 11.9 Å². The molecule has 1 aliphatic rings. The predicted molar refractivity (Wildman–Crippen MR) is 115 cm³/mol. The van der Waals surface area contributed by atoms with Crippen LogP contribution in [0.25, 0.3) is 0 Å². The molecule has 1 aromatic heterocycles. The van der Waals surface area contributed by atoms with Crippen LogP contribution in [-0.4, -0.2) is 37.5 Å². The summed E-state index contributed by atoms with van der Waals surface area (Å²) in [6, 6.07) is 0. The summed E-state index contributed by atoms with van der Waals surface area (Å²) in [5.41, 5.74) is -0.0627. The molecule has 170 valence electrons. The Morgan fingerprint density at radius 2 is 1.77 bits per heavy atom. The summed E-state index contributed by atoms with van der Waals surface area (Å²) in [7, 11) is 1.19. The molecule has 0 spiro atoms. The summed E-state index contributed by atoms with van der Waals surface area (Å²) in [5, 5.41) is -1.07. The van der Waals surface area contributed by atoms with E-state index in [4.69, 9.17) is 16.3 Å². The number of esters is 2. The second kappa shape index (κ2) is 11.4. The van der Waals surface area contributed by atoms with Crippen molar-refractivity contribution in [3.05, 3.63) is 26.2 Å². The highest BCUT2D eigenvalue weighted by Gasteiger charge is 2.35. The van der Waals surface area contributed by atoms with Gasteiger partial charge in [-0.1, -0.05) is 25.4 Å². The van der Waals surface area contributed by atoms with E-state index < -0.39 is 34.6 Å². The van der Waals surface area contributed by atoms with E-state index >= 15 is 0 Å². The highest BCUT2D eigenvalue weighted by molar-refractivity contribution is 7.11. The molecule has 10 heteroatoms. The van der Waals surface area contributed by atoms with Crippen molar-refractivity contribution in [2.45, 2.75) is 58.8 Å². The van der Waals surface area contributed by atoms with Crippen LogP contribution in [0.2, 0.25) is 5.02 Å². The lowest BCUT2D eigenvalue weighted by molar-refractivity contribution is -0.140. The van der Waals surface area contributed by atoms with Crippen molar-refractivity contribution in [3.63, 3.8) is 0 Å². The van der Waals surface area contributed by atoms with E-state index in [0.717, 1.165) is 0 Å². The number of carbonyl (C=O) groups excluding carboxylic acids is 4. The van der Waals surface area contributed by atoms with E-state index in [-0.39, 0.29) is 46.9 Å². The van der Waals surface area contributed by atoms with Gasteiger partial charge in [-0.05, 0) is 32.1 Å². The molecule has 0 fully saturated rings. The number of amides is 2. The first-order valence-electron chi connectivity index (χ1n) is 10.1. The average Bonchev–Trinajstić information content (AvgIpc) is 3.04. The predicted octanol–water partition coefficient (Wildman–Crippen LogP) is 4.35. The number of methoxy groups -OCH3 is 1. The molecule has 0 saturated carbocycles. The zero-order valence-corrected chi connectivity index (χ0v) is 19.3. The number of anilines is 1. The number of rotatable bonds is 8. The number of halogens is 2. The molecule has 1 aliphatic carbocycles. The maximum absolute atomic E-state index is 14.9. The third kappa shape index (κ3) is 5.71. The van der Waals surface area contributed by atoms with Crippen molar-refractivity contribution in [2.24, 2.45) is 0 Å². The molecule has 0 atom stereocenters. The molecule has 2 rings (SSSR count). The first kappa shape index (κ1) is 25.0. The smallest absolute Gasteiger partial charge is 0.334 e. The Hall–Kier alpha value is -2.26. The molecule has 0 N–H and O–H groups in total. The lowest BCUT2D eigenvalue weighted by Crippen LogP contribution is -2.39. The van der Waals surface area contributed by atoms with Crippen LogP contribution in [0.15, 0.2) is 11.1 Å². The fraction of sp³-hybridized carbons (Fsp3) is 0.524. The SMILES string of the molecule is CCCOC(=O)C1=C(C(=O)N(C(=O)CC)c2c(F)sc(CC(=O)OC)c2Cl)CCCC1. The second-order valence-electron chi connectivity index (χ2n) is 6.90. The minimum Gasteiger partial charge on any atom is -0.469 e. The van der Waals surface area contributed by atoms with Gasteiger partial charge in [-0.3, -0.25) is 14.4 Å². The topological polar surface area (TPSA) is 90.0 Å². The fourth-order valence-corrected chi connectivity index (χ4v) is 4.49. The minimum atomic E-state index is -0.870. The van der Waals surface area contributed by atoms with Crippen molar-refractivity contribution in [1.29, 1.82) is 0 Å². The lowest BCUT2D eigenvalue weighted by atomic mass is 9.90. The van der Waals surface area contributed by atoms with Crippen LogP contribution >= 0.6 is 22.9 Å². The number of imide groups is 1. The van der Waals surface area contributed by atoms with Gasteiger partial charge in [-0.2, -0.15) is 4.39 Å². The molecule has 0 aliphatic heterocycles. The Balaban J connectivity index is 2.53. The van der Waals surface area contributed by atoms with E-state index in [9.17, 15) is 23.6 Å². The Morgan fingerprint density at radius 3 is 2.35 bits per heavy atom. The molecule has 0 bridgehead atoms. The fourth-order valence-electron chi connectivity index (χ4n) is 3.20. The molecular weight excluding hydrogens is 449 g/mol. The number of hydrogen-bond acceptors (Lipinski definition) is 7. The van der Waals surface area contributed by atoms with Crippen molar-refractivity contribution < 1.29 is 33.0 Å². The molecule has 0 unspecified atom stereocenters. The molecule has 0 radical (unpaired) electrons. The Morgan fingerprint density at radius 1 is 1.13 bits per heavy atom. The maximum atomic E-state index is 14.9. The first-order chi connectivity index (χ1) is 14.8. The van der Waals surface area contributed by atoms with Crippen LogP contribution in [-0.2, 0) is 35.1 Å². The number of thiophene rings is 1.